The molecule has 70 valence electrons. The van der Waals surface area contributed by atoms with E-state index in [1.165, 1.54) is 5.56 Å². The van der Waals surface area contributed by atoms with Gasteiger partial charge in [0.1, 0.15) is 5.76 Å². The van der Waals surface area contributed by atoms with Crippen molar-refractivity contribution in [3.63, 3.8) is 0 Å². The first kappa shape index (κ1) is 10.2. The number of hydrogen-bond acceptors (Lipinski definition) is 3. The second-order valence-electron chi connectivity index (χ2n) is 3.01. The molecule has 0 radical (unpaired) electrons. The lowest BCUT2D eigenvalue weighted by Gasteiger charge is -2.04. The van der Waals surface area contributed by atoms with E-state index >= 15 is 0 Å². The maximum absolute atomic E-state index is 8.46. The molecule has 1 rings (SSSR count). The monoisotopic (exact) mass is 195 g/mol. The van der Waals surface area contributed by atoms with Crippen LogP contribution in [0.2, 0.25) is 0 Å². The van der Waals surface area contributed by atoms with Crippen LogP contribution in [0.15, 0.2) is 16.7 Å². The van der Waals surface area contributed by atoms with Crippen LogP contribution in [0.25, 0.3) is 0 Å². The zero-order valence-corrected chi connectivity index (χ0v) is 8.73. The van der Waals surface area contributed by atoms with Gasteiger partial charge in [0.15, 0.2) is 0 Å². The molecule has 0 bridgehead atoms. The van der Waals surface area contributed by atoms with Crippen molar-refractivity contribution in [3.8, 4) is 6.07 Å². The first-order chi connectivity index (χ1) is 6.24. The predicted molar refractivity (Wildman–Crippen MR) is 54.4 cm³/mol. The topological polar surface area (TPSA) is 36.9 Å². The highest BCUT2D eigenvalue weighted by molar-refractivity contribution is 7.99. The van der Waals surface area contributed by atoms with Gasteiger partial charge in [-0.15, -0.1) is 11.8 Å². The van der Waals surface area contributed by atoms with Crippen LogP contribution < -0.4 is 0 Å². The second kappa shape index (κ2) is 4.98. The smallest absolute Gasteiger partial charge is 0.116 e. The van der Waals surface area contributed by atoms with Crippen molar-refractivity contribution >= 4 is 11.8 Å². The number of rotatable bonds is 4. The lowest BCUT2D eigenvalue weighted by Crippen LogP contribution is -1.94. The molecule has 0 aliphatic carbocycles. The number of hydrogen-bond donors (Lipinski definition) is 0. The summed E-state index contributed by atoms with van der Waals surface area (Å²) in [6, 6.07) is 4.12. The predicted octanol–water partition coefficient (Wildman–Crippen LogP) is 3.12. The molecular formula is C10H13NOS. The maximum Gasteiger partial charge on any atom is 0.116 e. The second-order valence-corrected chi connectivity index (χ2v) is 4.44. The fourth-order valence-corrected chi connectivity index (χ4v) is 1.88. The Balaban J connectivity index is 2.36. The summed E-state index contributed by atoms with van der Waals surface area (Å²) in [5.74, 6) is 1.89. The van der Waals surface area contributed by atoms with Crippen LogP contribution in [0.1, 0.15) is 24.7 Å². The van der Waals surface area contributed by atoms with Crippen molar-refractivity contribution in [2.75, 3.05) is 0 Å². The summed E-state index contributed by atoms with van der Waals surface area (Å²) in [5.41, 5.74) is 1.19. The van der Waals surface area contributed by atoms with E-state index in [4.69, 9.17) is 9.68 Å². The van der Waals surface area contributed by atoms with Gasteiger partial charge >= 0.3 is 0 Å². The summed E-state index contributed by atoms with van der Waals surface area (Å²) in [4.78, 5) is 0. The molecule has 1 heterocycles. The molecule has 0 aliphatic rings. The Bertz CT molecular complexity index is 300. The van der Waals surface area contributed by atoms with Crippen molar-refractivity contribution in [1.82, 2.24) is 0 Å². The van der Waals surface area contributed by atoms with E-state index in [9.17, 15) is 0 Å². The van der Waals surface area contributed by atoms with E-state index in [1.807, 2.05) is 13.0 Å². The van der Waals surface area contributed by atoms with Gasteiger partial charge in [-0.3, -0.25) is 0 Å². The number of furan rings is 1. The Morgan fingerprint density at radius 3 is 3.00 bits per heavy atom. The molecule has 1 aromatic rings. The van der Waals surface area contributed by atoms with Crippen molar-refractivity contribution < 1.29 is 4.42 Å². The standard InChI is InChI=1S/C10H13NOS/c1-8-4-6-12-10(8)7-13-9(2)3-5-11/h4,6,9H,3,7H2,1-2H3. The molecule has 0 fully saturated rings. The Labute approximate surface area is 82.9 Å². The average molecular weight is 195 g/mol. The zero-order valence-electron chi connectivity index (χ0n) is 7.91. The first-order valence-corrected chi connectivity index (χ1v) is 5.30. The van der Waals surface area contributed by atoms with E-state index in [-0.39, 0.29) is 0 Å². The van der Waals surface area contributed by atoms with Crippen LogP contribution in [0.5, 0.6) is 0 Å². The average Bonchev–Trinajstić information content (AvgIpc) is 2.48. The lowest BCUT2D eigenvalue weighted by molar-refractivity contribution is 0.527. The highest BCUT2D eigenvalue weighted by Crippen LogP contribution is 2.22. The zero-order chi connectivity index (χ0) is 9.68. The molecule has 0 saturated heterocycles. The van der Waals surface area contributed by atoms with Gasteiger partial charge in [-0.2, -0.15) is 5.26 Å². The third-order valence-electron chi connectivity index (χ3n) is 1.85. The number of nitrogens with zero attached hydrogens (tertiary/aromatic N) is 1. The van der Waals surface area contributed by atoms with E-state index in [2.05, 4.69) is 13.0 Å². The molecule has 0 aliphatic heterocycles. The SMILES string of the molecule is Cc1ccoc1CSC(C)CC#N. The van der Waals surface area contributed by atoms with E-state index in [1.54, 1.807) is 18.0 Å². The van der Waals surface area contributed by atoms with Crippen LogP contribution >= 0.6 is 11.8 Å². The normalized spacial score (nSPS) is 12.4. The highest BCUT2D eigenvalue weighted by atomic mass is 32.2. The molecule has 0 N–H and O–H groups in total. The van der Waals surface area contributed by atoms with Gasteiger partial charge in [-0.25, -0.2) is 0 Å². The third kappa shape index (κ3) is 3.16. The molecular weight excluding hydrogens is 182 g/mol. The van der Waals surface area contributed by atoms with E-state index in [0.717, 1.165) is 11.5 Å². The van der Waals surface area contributed by atoms with Crippen LogP contribution in [0, 0.1) is 18.3 Å². The molecule has 2 nitrogen and oxygen atoms in total. The van der Waals surface area contributed by atoms with Crippen LogP contribution in [0.3, 0.4) is 0 Å². The molecule has 0 saturated carbocycles. The van der Waals surface area contributed by atoms with Gasteiger partial charge in [0, 0.05) is 11.7 Å². The molecule has 1 aromatic heterocycles. The van der Waals surface area contributed by atoms with Crippen LogP contribution in [-0.4, -0.2) is 5.25 Å². The molecule has 1 unspecified atom stereocenters. The van der Waals surface area contributed by atoms with Crippen LogP contribution in [0.4, 0.5) is 0 Å². The van der Waals surface area contributed by atoms with E-state index < -0.39 is 0 Å². The van der Waals surface area contributed by atoms with Crippen molar-refractivity contribution in [1.29, 1.82) is 5.26 Å². The van der Waals surface area contributed by atoms with Gasteiger partial charge in [0.2, 0.25) is 0 Å². The van der Waals surface area contributed by atoms with Gasteiger partial charge in [0.25, 0.3) is 0 Å². The largest absolute Gasteiger partial charge is 0.468 e. The Hall–Kier alpha value is -0.880. The first-order valence-electron chi connectivity index (χ1n) is 4.25. The molecule has 0 spiro atoms. The van der Waals surface area contributed by atoms with E-state index in [0.29, 0.717) is 11.7 Å². The Kier molecular flexibility index (Phi) is 3.91. The fourth-order valence-electron chi connectivity index (χ4n) is 0.957. The summed E-state index contributed by atoms with van der Waals surface area (Å²) < 4.78 is 5.29. The fraction of sp³-hybridized carbons (Fsp3) is 0.500. The van der Waals surface area contributed by atoms with Crippen molar-refractivity contribution in [3.05, 3.63) is 23.7 Å². The summed E-state index contributed by atoms with van der Waals surface area (Å²) in [6.45, 7) is 4.10. The van der Waals surface area contributed by atoms with Crippen molar-refractivity contribution in [2.45, 2.75) is 31.3 Å². The lowest BCUT2D eigenvalue weighted by atomic mass is 10.3. The molecule has 3 heteroatoms. The number of nitriles is 1. The third-order valence-corrected chi connectivity index (χ3v) is 3.01. The van der Waals surface area contributed by atoms with Crippen molar-refractivity contribution in [2.24, 2.45) is 0 Å². The number of thioether (sulfide) groups is 1. The quantitative estimate of drug-likeness (QED) is 0.740. The summed E-state index contributed by atoms with van der Waals surface area (Å²) in [7, 11) is 0. The minimum atomic E-state index is 0.384. The van der Waals surface area contributed by atoms with Gasteiger partial charge in [0.05, 0.1) is 18.1 Å². The van der Waals surface area contributed by atoms with Gasteiger partial charge in [-0.05, 0) is 18.6 Å². The minimum Gasteiger partial charge on any atom is -0.468 e. The summed E-state index contributed by atoms with van der Waals surface area (Å²) >= 11 is 1.76. The Morgan fingerprint density at radius 2 is 2.46 bits per heavy atom. The minimum absolute atomic E-state index is 0.384. The Morgan fingerprint density at radius 1 is 1.69 bits per heavy atom. The molecule has 0 aromatic carbocycles. The number of aryl methyl sites for hydroxylation is 1. The maximum atomic E-state index is 8.46. The molecule has 1 atom stereocenters. The molecule has 13 heavy (non-hydrogen) atoms. The highest BCUT2D eigenvalue weighted by Gasteiger charge is 2.06. The van der Waals surface area contributed by atoms with Gasteiger partial charge < -0.3 is 4.42 Å². The summed E-state index contributed by atoms with van der Waals surface area (Å²) in [6.07, 6.45) is 2.31. The molecule has 0 amide bonds. The summed E-state index contributed by atoms with van der Waals surface area (Å²) in [5, 5.41) is 8.85. The van der Waals surface area contributed by atoms with Gasteiger partial charge in [-0.1, -0.05) is 6.92 Å². The van der Waals surface area contributed by atoms with Crippen LogP contribution in [-0.2, 0) is 5.75 Å².